The van der Waals surface area contributed by atoms with Crippen LogP contribution in [0.3, 0.4) is 0 Å². The minimum atomic E-state index is -0.544. The van der Waals surface area contributed by atoms with Crippen molar-refractivity contribution in [2.45, 2.75) is 0 Å². The molecule has 2 aliphatic rings. The zero-order valence-corrected chi connectivity index (χ0v) is 17.3. The molecule has 156 valence electrons. The smallest absolute Gasteiger partial charge is 0.269 e. The Kier molecular flexibility index (Phi) is 4.87. The summed E-state index contributed by atoms with van der Waals surface area (Å²) in [5.41, 5.74) is 3.05. The van der Waals surface area contributed by atoms with Crippen LogP contribution in [-0.4, -0.2) is 49.4 Å². The summed E-state index contributed by atoms with van der Waals surface area (Å²) in [5, 5.41) is -0.532. The zero-order chi connectivity index (χ0) is 22.2. The topological polar surface area (TPSA) is 101 Å². The SMILES string of the molecule is O=C1SC(=Cc2ccc(-c3cncnc3)cc2)C(=O)N1CN1C(=O)c2ccccc2C1=O. The summed E-state index contributed by atoms with van der Waals surface area (Å²) in [6.07, 6.45) is 6.47. The molecule has 2 aliphatic heterocycles. The number of amides is 4. The van der Waals surface area contributed by atoms with Crippen LogP contribution in [0.4, 0.5) is 4.79 Å². The van der Waals surface area contributed by atoms with Crippen molar-refractivity contribution in [1.82, 2.24) is 19.8 Å². The van der Waals surface area contributed by atoms with E-state index < -0.39 is 29.6 Å². The van der Waals surface area contributed by atoms with Crippen LogP contribution in [0, 0.1) is 0 Å². The number of hydrogen-bond acceptors (Lipinski definition) is 7. The molecule has 1 saturated heterocycles. The largest absolute Gasteiger partial charge is 0.295 e. The van der Waals surface area contributed by atoms with Gasteiger partial charge in [0.2, 0.25) is 0 Å². The molecule has 0 N–H and O–H groups in total. The predicted octanol–water partition coefficient (Wildman–Crippen LogP) is 3.43. The van der Waals surface area contributed by atoms with Gasteiger partial charge >= 0.3 is 0 Å². The van der Waals surface area contributed by atoms with E-state index in [1.54, 1.807) is 42.7 Å². The Hall–Kier alpha value is -4.11. The third-order valence-corrected chi connectivity index (χ3v) is 6.04. The van der Waals surface area contributed by atoms with Gasteiger partial charge in [0, 0.05) is 18.0 Å². The molecule has 2 aromatic carbocycles. The molecule has 1 fully saturated rings. The normalized spacial score (nSPS) is 16.9. The number of benzene rings is 2. The highest BCUT2D eigenvalue weighted by atomic mass is 32.2. The minimum absolute atomic E-state index is 0.224. The average molecular weight is 442 g/mol. The van der Waals surface area contributed by atoms with E-state index in [4.69, 9.17) is 0 Å². The Morgan fingerprint density at radius 2 is 1.38 bits per heavy atom. The first-order chi connectivity index (χ1) is 15.5. The van der Waals surface area contributed by atoms with Crippen LogP contribution in [0.5, 0.6) is 0 Å². The van der Waals surface area contributed by atoms with Gasteiger partial charge in [-0.25, -0.2) is 14.9 Å². The van der Waals surface area contributed by atoms with Crippen molar-refractivity contribution >= 4 is 40.8 Å². The molecule has 5 rings (SSSR count). The van der Waals surface area contributed by atoms with Crippen LogP contribution in [-0.2, 0) is 4.79 Å². The maximum Gasteiger partial charge on any atom is 0.295 e. The summed E-state index contributed by atoms with van der Waals surface area (Å²) in [5.74, 6) is -1.58. The Morgan fingerprint density at radius 1 is 0.750 bits per heavy atom. The van der Waals surface area contributed by atoms with Crippen molar-refractivity contribution in [1.29, 1.82) is 0 Å². The number of fused-ring (bicyclic) bond motifs is 1. The van der Waals surface area contributed by atoms with E-state index in [0.29, 0.717) is 0 Å². The monoisotopic (exact) mass is 442 g/mol. The molecule has 4 amide bonds. The number of thioether (sulfide) groups is 1. The molecule has 3 aromatic rings. The van der Waals surface area contributed by atoms with Crippen LogP contribution in [0.15, 0.2) is 72.2 Å². The van der Waals surface area contributed by atoms with Crippen molar-refractivity contribution in [3.63, 3.8) is 0 Å². The van der Waals surface area contributed by atoms with Crippen LogP contribution in [0.2, 0.25) is 0 Å². The molecular formula is C23H14N4O4S. The second-order valence-electron chi connectivity index (χ2n) is 7.08. The van der Waals surface area contributed by atoms with Crippen LogP contribution >= 0.6 is 11.8 Å². The molecule has 3 heterocycles. The first-order valence-corrected chi connectivity index (χ1v) is 10.4. The predicted molar refractivity (Wildman–Crippen MR) is 117 cm³/mol. The zero-order valence-electron chi connectivity index (χ0n) is 16.5. The van der Waals surface area contributed by atoms with E-state index >= 15 is 0 Å². The van der Waals surface area contributed by atoms with E-state index in [1.165, 1.54) is 6.33 Å². The quantitative estimate of drug-likeness (QED) is 0.451. The molecule has 0 unspecified atom stereocenters. The number of nitrogens with zero attached hydrogens (tertiary/aromatic N) is 4. The van der Waals surface area contributed by atoms with E-state index in [2.05, 4.69) is 9.97 Å². The summed E-state index contributed by atoms with van der Waals surface area (Å²) in [6.45, 7) is -0.415. The molecular weight excluding hydrogens is 428 g/mol. The lowest BCUT2D eigenvalue weighted by atomic mass is 10.1. The van der Waals surface area contributed by atoms with Crippen LogP contribution in [0.25, 0.3) is 17.2 Å². The van der Waals surface area contributed by atoms with Crippen molar-refractivity contribution in [3.8, 4) is 11.1 Å². The Labute approximate surface area is 186 Å². The minimum Gasteiger partial charge on any atom is -0.269 e. The molecule has 1 aromatic heterocycles. The number of aromatic nitrogens is 2. The number of carbonyl (C=O) groups excluding carboxylic acids is 4. The van der Waals surface area contributed by atoms with Gasteiger partial charge in [0.1, 0.15) is 13.0 Å². The average Bonchev–Trinajstić information content (AvgIpc) is 3.23. The highest BCUT2D eigenvalue weighted by Gasteiger charge is 2.42. The van der Waals surface area contributed by atoms with Gasteiger partial charge < -0.3 is 0 Å². The molecule has 0 spiro atoms. The lowest BCUT2D eigenvalue weighted by Crippen LogP contribution is -2.43. The fourth-order valence-electron chi connectivity index (χ4n) is 3.50. The van der Waals surface area contributed by atoms with E-state index in [1.807, 2.05) is 24.3 Å². The Bertz CT molecular complexity index is 1270. The lowest BCUT2D eigenvalue weighted by molar-refractivity contribution is -0.123. The maximum absolute atomic E-state index is 12.8. The fraction of sp³-hybridized carbons (Fsp3) is 0.0435. The van der Waals surface area contributed by atoms with Gasteiger partial charge in [0.25, 0.3) is 23.0 Å². The van der Waals surface area contributed by atoms with Gasteiger partial charge in [-0.1, -0.05) is 36.4 Å². The lowest BCUT2D eigenvalue weighted by Gasteiger charge is -2.19. The Balaban J connectivity index is 1.34. The standard InChI is InChI=1S/C23H14N4O4S/c28-20-17-3-1-2-4-18(17)21(29)26(20)13-27-22(30)19(32-23(27)31)9-14-5-7-15(8-6-14)16-10-24-12-25-11-16/h1-12H,13H2. The second kappa shape index (κ2) is 7.86. The first-order valence-electron chi connectivity index (χ1n) is 9.59. The van der Waals surface area contributed by atoms with Gasteiger partial charge in [0.05, 0.1) is 16.0 Å². The van der Waals surface area contributed by atoms with Crippen LogP contribution < -0.4 is 0 Å². The highest BCUT2D eigenvalue weighted by Crippen LogP contribution is 2.34. The molecule has 0 saturated carbocycles. The molecule has 8 nitrogen and oxygen atoms in total. The van der Waals surface area contributed by atoms with E-state index in [0.717, 1.165) is 38.3 Å². The van der Waals surface area contributed by atoms with E-state index in [9.17, 15) is 19.2 Å². The first kappa shape index (κ1) is 19.8. The molecule has 0 bridgehead atoms. The number of imide groups is 2. The van der Waals surface area contributed by atoms with E-state index in [-0.39, 0.29) is 16.0 Å². The van der Waals surface area contributed by atoms with Crippen molar-refractivity contribution in [2.75, 3.05) is 6.67 Å². The third-order valence-electron chi connectivity index (χ3n) is 5.14. The molecule has 32 heavy (non-hydrogen) atoms. The van der Waals surface area contributed by atoms with Gasteiger partial charge in [0.15, 0.2) is 0 Å². The summed E-state index contributed by atoms with van der Waals surface area (Å²) >= 11 is 0.776. The van der Waals surface area contributed by atoms with Crippen LogP contribution in [0.1, 0.15) is 26.3 Å². The number of hydrogen-bond donors (Lipinski definition) is 0. The second-order valence-corrected chi connectivity index (χ2v) is 8.08. The summed E-state index contributed by atoms with van der Waals surface area (Å²) < 4.78 is 0. The molecule has 0 aliphatic carbocycles. The molecule has 9 heteroatoms. The summed E-state index contributed by atoms with van der Waals surface area (Å²) in [7, 11) is 0. The summed E-state index contributed by atoms with van der Waals surface area (Å²) in [6, 6.07) is 13.8. The number of carbonyl (C=O) groups is 4. The van der Waals surface area contributed by atoms with Gasteiger partial charge in [-0.05, 0) is 41.1 Å². The van der Waals surface area contributed by atoms with Crippen molar-refractivity contribution in [3.05, 3.63) is 88.8 Å². The highest BCUT2D eigenvalue weighted by molar-refractivity contribution is 8.18. The molecule has 0 atom stereocenters. The molecule has 0 radical (unpaired) electrons. The summed E-state index contributed by atoms with van der Waals surface area (Å²) in [4.78, 5) is 60.4. The van der Waals surface area contributed by atoms with Crippen molar-refractivity contribution in [2.24, 2.45) is 0 Å². The van der Waals surface area contributed by atoms with Crippen molar-refractivity contribution < 1.29 is 19.2 Å². The fourth-order valence-corrected chi connectivity index (χ4v) is 4.33. The Morgan fingerprint density at radius 3 is 2.00 bits per heavy atom. The number of rotatable bonds is 4. The van der Waals surface area contributed by atoms with Gasteiger partial charge in [-0.3, -0.25) is 24.1 Å². The third kappa shape index (κ3) is 3.38. The van der Waals surface area contributed by atoms with Gasteiger partial charge in [-0.2, -0.15) is 0 Å². The maximum atomic E-state index is 12.8. The van der Waals surface area contributed by atoms with Gasteiger partial charge in [-0.15, -0.1) is 0 Å².